The Morgan fingerprint density at radius 2 is 1.84 bits per heavy atom. The van der Waals surface area contributed by atoms with Gasteiger partial charge in [-0.15, -0.1) is 0 Å². The predicted molar refractivity (Wildman–Crippen MR) is 112 cm³/mol. The Bertz CT molecular complexity index is 989. The SMILES string of the molecule is O=C(Nc1ccccc1)C1CC(O)C(O)C2NC(=S)N(c3cccc(C(F)(F)F)c3)C12. The maximum Gasteiger partial charge on any atom is 0.416 e. The van der Waals surface area contributed by atoms with Crippen molar-refractivity contribution < 1.29 is 28.2 Å². The number of carbonyl (C=O) groups excluding carboxylic acids is 1. The second-order valence-corrected chi connectivity index (χ2v) is 8.03. The maximum atomic E-state index is 13.2. The lowest BCUT2D eigenvalue weighted by Crippen LogP contribution is -2.60. The number of benzene rings is 2. The number of anilines is 2. The second kappa shape index (κ2) is 8.10. The lowest BCUT2D eigenvalue weighted by molar-refractivity contribution is -0.137. The molecular formula is C21H20F3N3O3S. The third-order valence-corrected chi connectivity index (χ3v) is 5.99. The van der Waals surface area contributed by atoms with Crippen LogP contribution in [0.25, 0.3) is 0 Å². The second-order valence-electron chi connectivity index (χ2n) is 7.64. The molecule has 0 spiro atoms. The van der Waals surface area contributed by atoms with Gasteiger partial charge in [0.25, 0.3) is 0 Å². The number of aliphatic hydroxyl groups is 2. The summed E-state index contributed by atoms with van der Waals surface area (Å²) in [7, 11) is 0. The van der Waals surface area contributed by atoms with Crippen LogP contribution in [0.2, 0.25) is 0 Å². The van der Waals surface area contributed by atoms with E-state index in [0.29, 0.717) is 5.69 Å². The Morgan fingerprint density at radius 1 is 1.13 bits per heavy atom. The number of amides is 1. The molecule has 6 nitrogen and oxygen atoms in total. The van der Waals surface area contributed by atoms with E-state index in [1.54, 1.807) is 30.3 Å². The van der Waals surface area contributed by atoms with Crippen molar-refractivity contribution in [3.63, 3.8) is 0 Å². The minimum absolute atomic E-state index is 0.0687. The van der Waals surface area contributed by atoms with E-state index in [1.165, 1.54) is 17.0 Å². The number of rotatable bonds is 3. The molecule has 1 heterocycles. The van der Waals surface area contributed by atoms with E-state index in [2.05, 4.69) is 10.6 Å². The number of aliphatic hydroxyl groups excluding tert-OH is 2. The highest BCUT2D eigenvalue weighted by Crippen LogP contribution is 2.39. The molecule has 31 heavy (non-hydrogen) atoms. The lowest BCUT2D eigenvalue weighted by Gasteiger charge is -2.41. The first-order chi connectivity index (χ1) is 14.7. The molecule has 4 N–H and O–H groups in total. The van der Waals surface area contributed by atoms with Crippen molar-refractivity contribution in [2.45, 2.75) is 36.9 Å². The van der Waals surface area contributed by atoms with E-state index in [0.717, 1.165) is 12.1 Å². The molecule has 2 aliphatic rings. The number of hydrogen-bond acceptors (Lipinski definition) is 4. The van der Waals surface area contributed by atoms with Crippen LogP contribution in [0.5, 0.6) is 0 Å². The number of para-hydroxylation sites is 1. The van der Waals surface area contributed by atoms with Crippen molar-refractivity contribution in [1.29, 1.82) is 0 Å². The van der Waals surface area contributed by atoms with Crippen molar-refractivity contribution in [3.05, 3.63) is 60.2 Å². The van der Waals surface area contributed by atoms with Gasteiger partial charge in [-0.1, -0.05) is 24.3 Å². The fourth-order valence-electron chi connectivity index (χ4n) is 4.23. The van der Waals surface area contributed by atoms with Crippen molar-refractivity contribution in [2.24, 2.45) is 5.92 Å². The monoisotopic (exact) mass is 451 g/mol. The summed E-state index contributed by atoms with van der Waals surface area (Å²) in [5, 5.41) is 26.6. The van der Waals surface area contributed by atoms with Crippen LogP contribution < -0.4 is 15.5 Å². The molecule has 0 bridgehead atoms. The van der Waals surface area contributed by atoms with Gasteiger partial charge in [0.1, 0.15) is 6.10 Å². The molecule has 1 aliphatic heterocycles. The lowest BCUT2D eigenvalue weighted by atomic mass is 9.77. The summed E-state index contributed by atoms with van der Waals surface area (Å²) < 4.78 is 39.7. The average molecular weight is 451 g/mol. The number of thiocarbonyl (C=S) groups is 1. The van der Waals surface area contributed by atoms with Gasteiger partial charge >= 0.3 is 6.18 Å². The number of fused-ring (bicyclic) bond motifs is 1. The quantitative estimate of drug-likeness (QED) is 0.537. The molecule has 2 aromatic rings. The normalized spacial score (nSPS) is 28.1. The first kappa shape index (κ1) is 21.5. The smallest absolute Gasteiger partial charge is 0.390 e. The first-order valence-corrected chi connectivity index (χ1v) is 10.1. The van der Waals surface area contributed by atoms with Crippen molar-refractivity contribution >= 4 is 34.6 Å². The third-order valence-electron chi connectivity index (χ3n) is 5.67. The van der Waals surface area contributed by atoms with Gasteiger partial charge in [-0.2, -0.15) is 13.2 Å². The summed E-state index contributed by atoms with van der Waals surface area (Å²) in [5.41, 5.74) is -0.150. The predicted octanol–water partition coefficient (Wildman–Crippen LogP) is 2.52. The van der Waals surface area contributed by atoms with Crippen LogP contribution in [0.3, 0.4) is 0 Å². The van der Waals surface area contributed by atoms with Crippen molar-refractivity contribution in [2.75, 3.05) is 10.2 Å². The standard InChI is InChI=1S/C21H20F3N3O3S/c22-21(23,24)11-5-4-8-13(9-11)27-17-14(19(30)25-12-6-2-1-3-7-12)10-15(28)18(29)16(17)26-20(27)31/h1-9,14-18,28-29H,10H2,(H,25,30)(H,26,31). The molecule has 164 valence electrons. The molecule has 0 radical (unpaired) electrons. The Morgan fingerprint density at radius 3 is 2.52 bits per heavy atom. The van der Waals surface area contributed by atoms with Crippen molar-refractivity contribution in [1.82, 2.24) is 5.32 Å². The number of nitrogens with zero attached hydrogens (tertiary/aromatic N) is 1. The molecule has 0 aromatic heterocycles. The van der Waals surface area contributed by atoms with E-state index in [1.807, 2.05) is 0 Å². The Kier molecular flexibility index (Phi) is 5.63. The summed E-state index contributed by atoms with van der Waals surface area (Å²) in [6.45, 7) is 0. The van der Waals surface area contributed by atoms with Gasteiger partial charge in [0.05, 0.1) is 29.7 Å². The molecule has 1 amide bonds. The molecular weight excluding hydrogens is 431 g/mol. The van der Waals surface area contributed by atoms with Crippen LogP contribution in [-0.4, -0.2) is 45.5 Å². The average Bonchev–Trinajstić information content (AvgIpc) is 3.08. The number of nitrogens with one attached hydrogen (secondary N) is 2. The van der Waals surface area contributed by atoms with E-state index in [-0.39, 0.29) is 17.2 Å². The van der Waals surface area contributed by atoms with Crippen LogP contribution >= 0.6 is 12.2 Å². The van der Waals surface area contributed by atoms with Crippen LogP contribution in [-0.2, 0) is 11.0 Å². The highest BCUT2D eigenvalue weighted by molar-refractivity contribution is 7.80. The fraction of sp³-hybridized carbons (Fsp3) is 0.333. The minimum Gasteiger partial charge on any atom is -0.390 e. The van der Waals surface area contributed by atoms with Gasteiger partial charge in [-0.05, 0) is 49.0 Å². The Labute approximate surface area is 181 Å². The highest BCUT2D eigenvalue weighted by Gasteiger charge is 2.54. The van der Waals surface area contributed by atoms with Gasteiger partial charge in [-0.25, -0.2) is 0 Å². The molecule has 5 atom stereocenters. The van der Waals surface area contributed by atoms with E-state index in [9.17, 15) is 28.2 Å². The topological polar surface area (TPSA) is 84.8 Å². The van der Waals surface area contributed by atoms with Crippen LogP contribution in [0.4, 0.5) is 24.5 Å². The van der Waals surface area contributed by atoms with Gasteiger partial charge in [0.2, 0.25) is 5.91 Å². The maximum absolute atomic E-state index is 13.2. The largest absolute Gasteiger partial charge is 0.416 e. The zero-order chi connectivity index (χ0) is 22.3. The van der Waals surface area contributed by atoms with Gasteiger partial charge in [-0.3, -0.25) is 4.79 Å². The van der Waals surface area contributed by atoms with Gasteiger partial charge in [0.15, 0.2) is 5.11 Å². The number of hydrogen-bond donors (Lipinski definition) is 4. The van der Waals surface area contributed by atoms with Crippen LogP contribution in [0, 0.1) is 5.92 Å². The van der Waals surface area contributed by atoms with E-state index in [4.69, 9.17) is 12.2 Å². The summed E-state index contributed by atoms with van der Waals surface area (Å²) >= 11 is 5.34. The molecule has 5 unspecified atom stereocenters. The molecule has 1 aliphatic carbocycles. The van der Waals surface area contributed by atoms with E-state index < -0.39 is 47.9 Å². The summed E-state index contributed by atoms with van der Waals surface area (Å²) in [6.07, 6.45) is -7.04. The fourth-order valence-corrected chi connectivity index (χ4v) is 4.59. The minimum atomic E-state index is -4.55. The molecule has 2 aromatic carbocycles. The highest BCUT2D eigenvalue weighted by atomic mass is 32.1. The van der Waals surface area contributed by atoms with Crippen LogP contribution in [0.15, 0.2) is 54.6 Å². The number of alkyl halides is 3. The zero-order valence-electron chi connectivity index (χ0n) is 16.1. The van der Waals surface area contributed by atoms with Gasteiger partial charge in [0, 0.05) is 11.4 Å². The Hall–Kier alpha value is -2.69. The zero-order valence-corrected chi connectivity index (χ0v) is 16.9. The molecule has 1 saturated carbocycles. The molecule has 2 fully saturated rings. The first-order valence-electron chi connectivity index (χ1n) is 9.66. The summed E-state index contributed by atoms with van der Waals surface area (Å²) in [4.78, 5) is 14.5. The molecule has 10 heteroatoms. The van der Waals surface area contributed by atoms with Gasteiger partial charge < -0.3 is 25.7 Å². The van der Waals surface area contributed by atoms with Crippen molar-refractivity contribution in [3.8, 4) is 0 Å². The Balaban J connectivity index is 1.70. The molecule has 4 rings (SSSR count). The number of carbonyl (C=O) groups is 1. The third kappa shape index (κ3) is 4.10. The number of halogens is 3. The van der Waals surface area contributed by atoms with Crippen LogP contribution in [0.1, 0.15) is 12.0 Å². The summed E-state index contributed by atoms with van der Waals surface area (Å²) in [5.74, 6) is -1.26. The van der Waals surface area contributed by atoms with E-state index >= 15 is 0 Å². The summed E-state index contributed by atoms with van der Waals surface area (Å²) in [6, 6.07) is 11.7. The molecule has 1 saturated heterocycles.